The van der Waals surface area contributed by atoms with Crippen LogP contribution in [0, 0.1) is 0 Å². The molecule has 0 atom stereocenters. The Morgan fingerprint density at radius 3 is 2.72 bits per heavy atom. The lowest BCUT2D eigenvalue weighted by Crippen LogP contribution is -2.47. The number of thiophene rings is 1. The topological polar surface area (TPSA) is 73.8 Å². The maximum Gasteiger partial charge on any atom is 0.286 e. The number of sulfonamides is 1. The van der Waals surface area contributed by atoms with Crippen molar-refractivity contribution in [3.05, 3.63) is 35.7 Å². The van der Waals surface area contributed by atoms with Gasteiger partial charge in [-0.25, -0.2) is 0 Å². The second kappa shape index (κ2) is 7.43. The number of hydrogen-bond donors (Lipinski definition) is 2. The quantitative estimate of drug-likeness (QED) is 0.829. The largest absolute Gasteiger partial charge is 0.341 e. The zero-order valence-electron chi connectivity index (χ0n) is 13.4. The fourth-order valence-corrected chi connectivity index (χ4v) is 4.85. The Labute approximate surface area is 157 Å². The molecule has 25 heavy (non-hydrogen) atoms. The van der Waals surface area contributed by atoms with Crippen LogP contribution in [0.15, 0.2) is 45.0 Å². The second-order valence-electron chi connectivity index (χ2n) is 5.85. The third-order valence-electron chi connectivity index (χ3n) is 4.16. The van der Waals surface area contributed by atoms with Crippen LogP contribution < -0.4 is 10.6 Å². The molecule has 0 aliphatic carbocycles. The number of anilines is 1. The number of amidine groups is 1. The highest BCUT2D eigenvalue weighted by Gasteiger charge is 2.26. The molecule has 134 valence electrons. The molecule has 1 aromatic carbocycles. The minimum absolute atomic E-state index is 0. The molecule has 2 aliphatic heterocycles. The highest BCUT2D eigenvalue weighted by atomic mass is 35.5. The molecule has 2 N–H and O–H groups in total. The molecule has 0 amide bonds. The van der Waals surface area contributed by atoms with Crippen molar-refractivity contribution in [3.63, 3.8) is 0 Å². The highest BCUT2D eigenvalue weighted by Crippen LogP contribution is 2.33. The van der Waals surface area contributed by atoms with E-state index in [0.717, 1.165) is 36.6 Å². The Bertz CT molecular complexity index is 876. The van der Waals surface area contributed by atoms with Gasteiger partial charge in [-0.3, -0.25) is 4.90 Å². The number of nitrogens with one attached hydrogen (secondary N) is 2. The van der Waals surface area contributed by atoms with Crippen molar-refractivity contribution in [2.24, 2.45) is 4.40 Å². The van der Waals surface area contributed by atoms with Gasteiger partial charge in [-0.15, -0.1) is 28.1 Å². The second-order valence-corrected chi connectivity index (χ2v) is 8.37. The van der Waals surface area contributed by atoms with Gasteiger partial charge in [0.1, 0.15) is 10.7 Å². The highest BCUT2D eigenvalue weighted by molar-refractivity contribution is 7.90. The molecule has 6 nitrogen and oxygen atoms in total. The molecule has 0 bridgehead atoms. The number of fused-ring (bicyclic) bond motifs is 1. The van der Waals surface area contributed by atoms with E-state index in [4.69, 9.17) is 0 Å². The number of piperazine rings is 1. The molecule has 2 aliphatic rings. The van der Waals surface area contributed by atoms with E-state index in [0.29, 0.717) is 18.1 Å². The minimum Gasteiger partial charge on any atom is -0.341 e. The fourth-order valence-electron chi connectivity index (χ4n) is 2.96. The SMILES string of the molecule is Cl.O=S1(=O)N=C(CN2CCNCC2)Nc2ccc(-c3cccs3)cc21. The van der Waals surface area contributed by atoms with E-state index in [1.807, 2.05) is 29.6 Å². The zero-order valence-corrected chi connectivity index (χ0v) is 15.9. The molecule has 1 saturated heterocycles. The Kier molecular flexibility index (Phi) is 5.45. The summed E-state index contributed by atoms with van der Waals surface area (Å²) in [5, 5.41) is 8.45. The molecule has 9 heteroatoms. The van der Waals surface area contributed by atoms with Gasteiger partial charge in [-0.05, 0) is 29.1 Å². The molecule has 4 rings (SSSR count). The van der Waals surface area contributed by atoms with Gasteiger partial charge in [-0.2, -0.15) is 8.42 Å². The molecule has 0 unspecified atom stereocenters. The molecular formula is C16H19ClN4O2S2. The average Bonchev–Trinajstić information content (AvgIpc) is 3.09. The van der Waals surface area contributed by atoms with Gasteiger partial charge in [-0.1, -0.05) is 12.1 Å². The van der Waals surface area contributed by atoms with E-state index >= 15 is 0 Å². The summed E-state index contributed by atoms with van der Waals surface area (Å²) in [4.78, 5) is 3.49. The van der Waals surface area contributed by atoms with Crippen LogP contribution in [0.25, 0.3) is 10.4 Å². The molecule has 0 saturated carbocycles. The van der Waals surface area contributed by atoms with Gasteiger partial charge in [0.2, 0.25) is 0 Å². The van der Waals surface area contributed by atoms with Crippen molar-refractivity contribution in [1.29, 1.82) is 0 Å². The van der Waals surface area contributed by atoms with Crippen LogP contribution in [0.4, 0.5) is 5.69 Å². The van der Waals surface area contributed by atoms with E-state index in [-0.39, 0.29) is 17.3 Å². The first-order chi connectivity index (χ1) is 11.6. The molecule has 1 aromatic heterocycles. The van der Waals surface area contributed by atoms with Crippen molar-refractivity contribution in [1.82, 2.24) is 10.2 Å². The molecular weight excluding hydrogens is 380 g/mol. The van der Waals surface area contributed by atoms with E-state index in [2.05, 4.69) is 19.9 Å². The predicted molar refractivity (Wildman–Crippen MR) is 105 cm³/mol. The molecule has 1 fully saturated rings. The van der Waals surface area contributed by atoms with Crippen molar-refractivity contribution >= 4 is 45.3 Å². The maximum atomic E-state index is 12.6. The summed E-state index contributed by atoms with van der Waals surface area (Å²) in [6, 6.07) is 9.41. The Balaban J connectivity index is 0.00000182. The van der Waals surface area contributed by atoms with Gasteiger partial charge >= 0.3 is 0 Å². The number of rotatable bonds is 3. The van der Waals surface area contributed by atoms with Crippen molar-refractivity contribution in [3.8, 4) is 10.4 Å². The van der Waals surface area contributed by atoms with Crippen LogP contribution in [-0.2, 0) is 10.0 Å². The third-order valence-corrected chi connectivity index (χ3v) is 6.43. The lowest BCUT2D eigenvalue weighted by molar-refractivity contribution is 0.272. The number of benzene rings is 1. The van der Waals surface area contributed by atoms with Crippen LogP contribution in [0.3, 0.4) is 0 Å². The third kappa shape index (κ3) is 3.88. The normalized spacial score (nSPS) is 19.3. The summed E-state index contributed by atoms with van der Waals surface area (Å²) in [5.41, 5.74) is 1.50. The van der Waals surface area contributed by atoms with Crippen LogP contribution in [-0.4, -0.2) is 51.9 Å². The minimum atomic E-state index is -3.67. The van der Waals surface area contributed by atoms with Crippen LogP contribution in [0.1, 0.15) is 0 Å². The monoisotopic (exact) mass is 398 g/mol. The first-order valence-corrected chi connectivity index (χ1v) is 10.2. The molecule has 0 spiro atoms. The predicted octanol–water partition coefficient (Wildman–Crippen LogP) is 2.25. The van der Waals surface area contributed by atoms with Crippen molar-refractivity contribution in [2.45, 2.75) is 4.90 Å². The standard InChI is InChI=1S/C16H18N4O2S2.ClH/c21-24(22)15-10-12(14-2-1-9-23-14)3-4-13(15)18-16(19-24)11-20-7-5-17-6-8-20;/h1-4,9-10,17H,5-8,11H2,(H,18,19);1H. The van der Waals surface area contributed by atoms with E-state index in [1.54, 1.807) is 17.4 Å². The van der Waals surface area contributed by atoms with Gasteiger partial charge in [0, 0.05) is 31.1 Å². The summed E-state index contributed by atoms with van der Waals surface area (Å²) in [7, 11) is -3.67. The fraction of sp³-hybridized carbons (Fsp3) is 0.312. The average molecular weight is 399 g/mol. The summed E-state index contributed by atoms with van der Waals surface area (Å²) in [6.45, 7) is 4.14. The number of hydrogen-bond acceptors (Lipinski definition) is 6. The molecule has 2 aromatic rings. The van der Waals surface area contributed by atoms with Gasteiger partial charge in [0.15, 0.2) is 0 Å². The summed E-state index contributed by atoms with van der Waals surface area (Å²) in [6.07, 6.45) is 0. The van der Waals surface area contributed by atoms with Crippen LogP contribution >= 0.6 is 23.7 Å². The Morgan fingerprint density at radius 1 is 1.20 bits per heavy atom. The summed E-state index contributed by atoms with van der Waals surface area (Å²) < 4.78 is 29.2. The lowest BCUT2D eigenvalue weighted by Gasteiger charge is -2.29. The first-order valence-electron chi connectivity index (χ1n) is 7.84. The summed E-state index contributed by atoms with van der Waals surface area (Å²) in [5.74, 6) is 0.494. The van der Waals surface area contributed by atoms with E-state index in [9.17, 15) is 8.42 Å². The van der Waals surface area contributed by atoms with E-state index in [1.165, 1.54) is 0 Å². The van der Waals surface area contributed by atoms with Crippen LogP contribution in [0.5, 0.6) is 0 Å². The van der Waals surface area contributed by atoms with Crippen molar-refractivity contribution in [2.75, 3.05) is 38.0 Å². The Morgan fingerprint density at radius 2 is 2.00 bits per heavy atom. The zero-order chi connectivity index (χ0) is 16.6. The molecule has 0 radical (unpaired) electrons. The Hall–Kier alpha value is -1.45. The lowest BCUT2D eigenvalue weighted by atomic mass is 10.1. The van der Waals surface area contributed by atoms with Crippen LogP contribution in [0.2, 0.25) is 0 Å². The maximum absolute atomic E-state index is 12.6. The van der Waals surface area contributed by atoms with Crippen molar-refractivity contribution < 1.29 is 8.42 Å². The number of halogens is 1. The van der Waals surface area contributed by atoms with Gasteiger partial charge < -0.3 is 10.6 Å². The van der Waals surface area contributed by atoms with E-state index < -0.39 is 10.0 Å². The number of nitrogens with zero attached hydrogens (tertiary/aromatic N) is 2. The van der Waals surface area contributed by atoms with Gasteiger partial charge in [0.25, 0.3) is 10.0 Å². The molecule has 3 heterocycles. The smallest absolute Gasteiger partial charge is 0.286 e. The summed E-state index contributed by atoms with van der Waals surface area (Å²) >= 11 is 1.59. The first kappa shape index (κ1) is 18.3. The van der Waals surface area contributed by atoms with Gasteiger partial charge in [0.05, 0.1) is 12.2 Å².